The van der Waals surface area contributed by atoms with Gasteiger partial charge < -0.3 is 9.80 Å². The Morgan fingerprint density at radius 3 is 2.57 bits per heavy atom. The second kappa shape index (κ2) is 11.1. The molecule has 1 aromatic carbocycles. The van der Waals surface area contributed by atoms with Crippen LogP contribution in [0.5, 0.6) is 0 Å². The van der Waals surface area contributed by atoms with Gasteiger partial charge in [-0.3, -0.25) is 14.5 Å². The van der Waals surface area contributed by atoms with Crippen LogP contribution in [-0.4, -0.2) is 56.1 Å². The number of anilines is 2. The molecular formula is C26H28N6O2S. The summed E-state index contributed by atoms with van der Waals surface area (Å²) in [5, 5.41) is 0. The lowest BCUT2D eigenvalue weighted by Gasteiger charge is -2.23. The van der Waals surface area contributed by atoms with Crippen LogP contribution >= 0.6 is 0 Å². The Morgan fingerprint density at radius 2 is 1.80 bits per heavy atom. The van der Waals surface area contributed by atoms with E-state index in [9.17, 15) is 9.00 Å². The predicted molar refractivity (Wildman–Crippen MR) is 137 cm³/mol. The lowest BCUT2D eigenvalue weighted by atomic mass is 10.1. The van der Waals surface area contributed by atoms with Gasteiger partial charge in [0.05, 0.1) is 27.5 Å². The summed E-state index contributed by atoms with van der Waals surface area (Å²) in [5.41, 5.74) is 3.64. The zero-order chi connectivity index (χ0) is 24.8. The van der Waals surface area contributed by atoms with Crippen LogP contribution in [0.4, 0.5) is 11.5 Å². The number of benzene rings is 1. The molecule has 35 heavy (non-hydrogen) atoms. The van der Waals surface area contributed by atoms with Gasteiger partial charge in [0.2, 0.25) is 5.91 Å². The molecule has 0 spiro atoms. The van der Waals surface area contributed by atoms with Gasteiger partial charge in [-0.2, -0.15) is 0 Å². The largest absolute Gasteiger partial charge is 0.354 e. The lowest BCUT2D eigenvalue weighted by molar-refractivity contribution is -0.128. The molecule has 3 heterocycles. The first-order valence-electron chi connectivity index (χ1n) is 11.5. The van der Waals surface area contributed by atoms with Crippen LogP contribution in [0.3, 0.4) is 0 Å². The molecule has 1 saturated heterocycles. The van der Waals surface area contributed by atoms with Crippen molar-refractivity contribution in [3.05, 3.63) is 71.4 Å². The van der Waals surface area contributed by atoms with Crippen LogP contribution in [0.1, 0.15) is 35.9 Å². The van der Waals surface area contributed by atoms with Crippen LogP contribution in [0.2, 0.25) is 0 Å². The van der Waals surface area contributed by atoms with Crippen molar-refractivity contribution in [3.8, 4) is 11.8 Å². The highest BCUT2D eigenvalue weighted by Gasteiger charge is 2.20. The van der Waals surface area contributed by atoms with Crippen LogP contribution in [0.15, 0.2) is 53.8 Å². The van der Waals surface area contributed by atoms with E-state index in [0.717, 1.165) is 42.3 Å². The molecule has 1 aliphatic heterocycles. The van der Waals surface area contributed by atoms with E-state index in [0.29, 0.717) is 29.2 Å². The molecule has 1 amide bonds. The molecule has 0 aliphatic carbocycles. The summed E-state index contributed by atoms with van der Waals surface area (Å²) >= 11 is 0. The van der Waals surface area contributed by atoms with Crippen molar-refractivity contribution in [2.75, 3.05) is 35.8 Å². The van der Waals surface area contributed by atoms with Crippen molar-refractivity contribution in [1.29, 1.82) is 0 Å². The number of nitrogens with one attached hydrogen (secondary N) is 1. The van der Waals surface area contributed by atoms with Crippen LogP contribution in [-0.2, 0) is 15.8 Å². The lowest BCUT2D eigenvalue weighted by Crippen LogP contribution is -2.34. The maximum absolute atomic E-state index is 12.7. The molecule has 0 bridgehead atoms. The molecular weight excluding hydrogens is 460 g/mol. The highest BCUT2D eigenvalue weighted by Crippen LogP contribution is 2.21. The first-order chi connectivity index (χ1) is 16.9. The highest BCUT2D eigenvalue weighted by atomic mass is 32.2. The number of carbonyl (C=O) groups excluding carboxylic acids is 1. The van der Waals surface area contributed by atoms with Gasteiger partial charge in [0, 0.05) is 44.9 Å². The number of carbonyl (C=O) groups is 1. The molecule has 3 aromatic rings. The van der Waals surface area contributed by atoms with Crippen molar-refractivity contribution in [2.24, 2.45) is 0 Å². The molecule has 1 aliphatic rings. The number of pyridine rings is 1. The van der Waals surface area contributed by atoms with Crippen molar-refractivity contribution in [2.45, 2.75) is 32.1 Å². The fourth-order valence-corrected chi connectivity index (χ4v) is 4.76. The standard InChI is InChI=1S/C26H28N6O2S/c1-19-24(26(29-18-28-19)32-13-7-12-31(14-15-32)21(3)33)11-10-22-16-25(20(2)27-17-22)30-35(34)23-8-5-4-6-9-23/h4-6,8-9,16-18,30H,7,12-15H2,1-3H3. The number of aryl methyl sites for hydroxylation is 2. The van der Waals surface area contributed by atoms with E-state index >= 15 is 0 Å². The number of rotatable bonds is 4. The van der Waals surface area contributed by atoms with Gasteiger partial charge in [0.15, 0.2) is 0 Å². The number of aromatic nitrogens is 3. The van der Waals surface area contributed by atoms with Crippen molar-refractivity contribution in [1.82, 2.24) is 19.9 Å². The van der Waals surface area contributed by atoms with E-state index in [1.165, 1.54) is 0 Å². The summed E-state index contributed by atoms with van der Waals surface area (Å²) in [6, 6.07) is 11.1. The topological polar surface area (TPSA) is 91.3 Å². The van der Waals surface area contributed by atoms with Gasteiger partial charge >= 0.3 is 0 Å². The second-order valence-electron chi connectivity index (χ2n) is 8.30. The average Bonchev–Trinajstić information content (AvgIpc) is 3.12. The third-order valence-electron chi connectivity index (χ3n) is 5.84. The quantitative estimate of drug-likeness (QED) is 0.568. The fraction of sp³-hybridized carbons (Fsp3) is 0.308. The second-order valence-corrected chi connectivity index (χ2v) is 9.51. The Morgan fingerprint density at radius 1 is 1.00 bits per heavy atom. The Labute approximate surface area is 208 Å². The number of hydrogen-bond acceptors (Lipinski definition) is 6. The first-order valence-corrected chi connectivity index (χ1v) is 12.6. The monoisotopic (exact) mass is 488 g/mol. The smallest absolute Gasteiger partial charge is 0.219 e. The summed E-state index contributed by atoms with van der Waals surface area (Å²) in [7, 11) is -1.40. The third kappa shape index (κ3) is 6.03. The zero-order valence-corrected chi connectivity index (χ0v) is 20.9. The summed E-state index contributed by atoms with van der Waals surface area (Å²) < 4.78 is 15.7. The third-order valence-corrected chi connectivity index (χ3v) is 6.94. The van der Waals surface area contributed by atoms with Crippen LogP contribution in [0.25, 0.3) is 0 Å². The number of amides is 1. The molecule has 2 aromatic heterocycles. The minimum Gasteiger partial charge on any atom is -0.354 e. The molecule has 9 heteroatoms. The summed E-state index contributed by atoms with van der Waals surface area (Å²) in [4.78, 5) is 29.8. The summed E-state index contributed by atoms with van der Waals surface area (Å²) in [5.74, 6) is 7.29. The van der Waals surface area contributed by atoms with Crippen molar-refractivity contribution < 1.29 is 9.00 Å². The highest BCUT2D eigenvalue weighted by molar-refractivity contribution is 7.86. The maximum atomic E-state index is 12.7. The van der Waals surface area contributed by atoms with Crippen molar-refractivity contribution >= 4 is 28.4 Å². The molecule has 1 fully saturated rings. The molecule has 1 unspecified atom stereocenters. The SMILES string of the molecule is CC(=O)N1CCCN(c2ncnc(C)c2C#Cc2cnc(C)c(NS(=O)c3ccccc3)c2)CC1. The van der Waals surface area contributed by atoms with E-state index < -0.39 is 11.0 Å². The van der Waals surface area contributed by atoms with Gasteiger partial charge in [-0.1, -0.05) is 30.0 Å². The molecule has 0 saturated carbocycles. The van der Waals surface area contributed by atoms with E-state index in [1.54, 1.807) is 19.4 Å². The normalized spacial score (nSPS) is 14.5. The molecule has 0 radical (unpaired) electrons. The molecule has 180 valence electrons. The molecule has 1 N–H and O–H groups in total. The number of hydrogen-bond donors (Lipinski definition) is 1. The van der Waals surface area contributed by atoms with Crippen molar-refractivity contribution in [3.63, 3.8) is 0 Å². The maximum Gasteiger partial charge on any atom is 0.219 e. The first kappa shape index (κ1) is 24.4. The van der Waals surface area contributed by atoms with E-state index in [1.807, 2.05) is 55.1 Å². The number of nitrogens with zero attached hydrogens (tertiary/aromatic N) is 5. The molecule has 8 nitrogen and oxygen atoms in total. The average molecular weight is 489 g/mol. The van der Waals surface area contributed by atoms with E-state index in [2.05, 4.69) is 36.4 Å². The van der Waals surface area contributed by atoms with Crippen LogP contribution < -0.4 is 9.62 Å². The summed E-state index contributed by atoms with van der Waals surface area (Å²) in [6.45, 7) is 8.26. The minimum absolute atomic E-state index is 0.0928. The van der Waals surface area contributed by atoms with Gasteiger partial charge in [-0.05, 0) is 38.5 Å². The van der Waals surface area contributed by atoms with E-state index in [4.69, 9.17) is 0 Å². The predicted octanol–water partition coefficient (Wildman–Crippen LogP) is 3.08. The Balaban J connectivity index is 1.58. The Hall–Kier alpha value is -3.77. The molecule has 1 atom stereocenters. The van der Waals surface area contributed by atoms with Gasteiger partial charge in [0.1, 0.15) is 23.1 Å². The van der Waals surface area contributed by atoms with Crippen LogP contribution in [0, 0.1) is 25.7 Å². The molecule has 4 rings (SSSR count). The zero-order valence-electron chi connectivity index (χ0n) is 20.1. The van der Waals surface area contributed by atoms with Gasteiger partial charge in [0.25, 0.3) is 0 Å². The summed E-state index contributed by atoms with van der Waals surface area (Å²) in [6.07, 6.45) is 4.12. The Bertz CT molecular complexity index is 1300. The minimum atomic E-state index is -1.40. The fourth-order valence-electron chi connectivity index (χ4n) is 3.83. The van der Waals surface area contributed by atoms with Gasteiger partial charge in [-0.25, -0.2) is 14.2 Å². The van der Waals surface area contributed by atoms with Gasteiger partial charge in [-0.15, -0.1) is 0 Å². The Kier molecular flexibility index (Phi) is 7.73. The van der Waals surface area contributed by atoms with E-state index in [-0.39, 0.29) is 5.91 Å².